The maximum atomic E-state index is 11.9. The van der Waals surface area contributed by atoms with Crippen molar-refractivity contribution < 1.29 is 9.53 Å². The third-order valence-corrected chi connectivity index (χ3v) is 3.50. The number of piperazine rings is 1. The number of rotatable bonds is 1. The van der Waals surface area contributed by atoms with Gasteiger partial charge in [0, 0.05) is 32.3 Å². The van der Waals surface area contributed by atoms with Crippen molar-refractivity contribution in [1.29, 1.82) is 0 Å². The van der Waals surface area contributed by atoms with Gasteiger partial charge in [0.25, 0.3) is 0 Å². The lowest BCUT2D eigenvalue weighted by Gasteiger charge is -2.37. The summed E-state index contributed by atoms with van der Waals surface area (Å²) in [4.78, 5) is 16.1. The fourth-order valence-corrected chi connectivity index (χ4v) is 2.15. The van der Waals surface area contributed by atoms with Gasteiger partial charge >= 0.3 is 6.03 Å². The molecule has 1 N–H and O–H groups in total. The van der Waals surface area contributed by atoms with Crippen LogP contribution in [0.5, 0.6) is 0 Å². The first-order valence-electron chi connectivity index (χ1n) is 6.00. The van der Waals surface area contributed by atoms with E-state index in [9.17, 15) is 4.79 Å². The molecule has 0 bridgehead atoms. The zero-order valence-electron chi connectivity index (χ0n) is 10.1. The number of carbonyl (C=O) groups is 1. The quantitative estimate of drug-likeness (QED) is 0.692. The predicted octanol–water partition coefficient (Wildman–Crippen LogP) is 0.121. The maximum absolute atomic E-state index is 11.9. The number of hydrogen-bond acceptors (Lipinski definition) is 3. The molecule has 5 heteroatoms. The van der Waals surface area contributed by atoms with Crippen LogP contribution >= 0.6 is 0 Å². The van der Waals surface area contributed by atoms with Crippen molar-refractivity contribution in [3.05, 3.63) is 0 Å². The number of carbonyl (C=O) groups excluding carboxylic acids is 1. The number of ether oxygens (including phenoxy) is 1. The molecule has 5 nitrogen and oxygen atoms in total. The van der Waals surface area contributed by atoms with E-state index in [2.05, 4.69) is 24.2 Å². The summed E-state index contributed by atoms with van der Waals surface area (Å²) >= 11 is 0. The van der Waals surface area contributed by atoms with E-state index in [0.29, 0.717) is 12.6 Å². The Hall–Kier alpha value is -0.810. The van der Waals surface area contributed by atoms with Gasteiger partial charge in [0.15, 0.2) is 0 Å². The summed E-state index contributed by atoms with van der Waals surface area (Å²) in [5.74, 6) is 0. The summed E-state index contributed by atoms with van der Waals surface area (Å²) in [7, 11) is 2.10. The number of nitrogens with zero attached hydrogens (tertiary/aromatic N) is 2. The van der Waals surface area contributed by atoms with Crippen molar-refractivity contribution in [2.45, 2.75) is 25.4 Å². The van der Waals surface area contributed by atoms with Crippen LogP contribution in [0.15, 0.2) is 0 Å². The molecule has 2 aliphatic rings. The van der Waals surface area contributed by atoms with Crippen LogP contribution in [-0.2, 0) is 4.74 Å². The third-order valence-electron chi connectivity index (χ3n) is 3.50. The smallest absolute Gasteiger partial charge is 0.317 e. The highest BCUT2D eigenvalue weighted by Crippen LogP contribution is 2.09. The largest absolute Gasteiger partial charge is 0.379 e. The van der Waals surface area contributed by atoms with Gasteiger partial charge in [-0.1, -0.05) is 0 Å². The fraction of sp³-hybridized carbons (Fsp3) is 0.909. The Morgan fingerprint density at radius 3 is 2.88 bits per heavy atom. The first-order chi connectivity index (χ1) is 7.66. The highest BCUT2D eigenvalue weighted by atomic mass is 16.5. The van der Waals surface area contributed by atoms with E-state index < -0.39 is 0 Å². The summed E-state index contributed by atoms with van der Waals surface area (Å²) in [5.41, 5.74) is 0. The molecule has 2 fully saturated rings. The Bertz CT molecular complexity index is 254. The second-order valence-electron chi connectivity index (χ2n) is 4.79. The Morgan fingerprint density at radius 1 is 1.44 bits per heavy atom. The van der Waals surface area contributed by atoms with Gasteiger partial charge in [-0.2, -0.15) is 0 Å². The normalized spacial score (nSPS) is 31.8. The Morgan fingerprint density at radius 2 is 2.25 bits per heavy atom. The molecule has 2 rings (SSSR count). The maximum Gasteiger partial charge on any atom is 0.317 e. The average molecular weight is 227 g/mol. The Kier molecular flexibility index (Phi) is 3.66. The molecule has 0 spiro atoms. The minimum Gasteiger partial charge on any atom is -0.379 e. The van der Waals surface area contributed by atoms with Gasteiger partial charge in [0.05, 0.1) is 12.6 Å². The van der Waals surface area contributed by atoms with Crippen LogP contribution < -0.4 is 5.32 Å². The summed E-state index contributed by atoms with van der Waals surface area (Å²) in [6, 6.07) is 0.720. The molecule has 2 saturated heterocycles. The highest BCUT2D eigenvalue weighted by molar-refractivity contribution is 5.74. The van der Waals surface area contributed by atoms with Gasteiger partial charge in [-0.05, 0) is 20.4 Å². The zero-order chi connectivity index (χ0) is 11.5. The lowest BCUT2D eigenvalue weighted by Crippen LogP contribution is -2.55. The van der Waals surface area contributed by atoms with Crippen LogP contribution in [-0.4, -0.2) is 67.8 Å². The number of urea groups is 1. The van der Waals surface area contributed by atoms with E-state index in [4.69, 9.17) is 4.74 Å². The molecule has 2 atom stereocenters. The van der Waals surface area contributed by atoms with Gasteiger partial charge in [0.2, 0.25) is 0 Å². The summed E-state index contributed by atoms with van der Waals surface area (Å²) in [6.45, 7) is 6.17. The van der Waals surface area contributed by atoms with E-state index in [-0.39, 0.29) is 12.1 Å². The van der Waals surface area contributed by atoms with Crippen molar-refractivity contribution in [3.63, 3.8) is 0 Å². The molecule has 92 valence electrons. The van der Waals surface area contributed by atoms with E-state index >= 15 is 0 Å². The van der Waals surface area contributed by atoms with Crippen molar-refractivity contribution in [2.75, 3.05) is 39.9 Å². The monoisotopic (exact) mass is 227 g/mol. The molecule has 2 amide bonds. The van der Waals surface area contributed by atoms with Gasteiger partial charge in [0.1, 0.15) is 0 Å². The molecule has 0 saturated carbocycles. The summed E-state index contributed by atoms with van der Waals surface area (Å²) in [5, 5.41) is 3.03. The molecule has 0 radical (unpaired) electrons. The minimum absolute atomic E-state index is 0.0652. The van der Waals surface area contributed by atoms with Crippen LogP contribution in [0.4, 0.5) is 4.79 Å². The van der Waals surface area contributed by atoms with Gasteiger partial charge in [-0.15, -0.1) is 0 Å². The molecular formula is C11H21N3O2. The van der Waals surface area contributed by atoms with Crippen LogP contribution in [0, 0.1) is 0 Å². The van der Waals surface area contributed by atoms with Crippen molar-refractivity contribution in [2.24, 2.45) is 0 Å². The second kappa shape index (κ2) is 5.01. The zero-order valence-corrected chi connectivity index (χ0v) is 10.1. The van der Waals surface area contributed by atoms with Crippen LogP contribution in [0.1, 0.15) is 13.3 Å². The summed E-state index contributed by atoms with van der Waals surface area (Å²) < 4.78 is 5.24. The number of likely N-dealkylation sites (N-methyl/N-ethyl adjacent to an activating group) is 1. The third kappa shape index (κ3) is 2.65. The molecule has 0 aromatic rings. The molecule has 2 aliphatic heterocycles. The van der Waals surface area contributed by atoms with Gasteiger partial charge in [-0.25, -0.2) is 4.79 Å². The van der Waals surface area contributed by atoms with Gasteiger partial charge < -0.3 is 19.9 Å². The SMILES string of the molecule is CC1CN(C(=O)NC2CCOC2)CCN1C. The topological polar surface area (TPSA) is 44.8 Å². The van der Waals surface area contributed by atoms with Crippen LogP contribution in [0.3, 0.4) is 0 Å². The molecule has 2 unspecified atom stereocenters. The van der Waals surface area contributed by atoms with Crippen molar-refractivity contribution >= 4 is 6.03 Å². The standard InChI is InChI=1S/C11H21N3O2/c1-9-7-14(5-4-13(9)2)11(15)12-10-3-6-16-8-10/h9-10H,3-8H2,1-2H3,(H,12,15). The number of nitrogens with one attached hydrogen (secondary N) is 1. The molecular weight excluding hydrogens is 206 g/mol. The van der Waals surface area contributed by atoms with Crippen molar-refractivity contribution in [1.82, 2.24) is 15.1 Å². The lowest BCUT2D eigenvalue weighted by molar-refractivity contribution is 0.115. The number of amides is 2. The molecule has 0 aromatic carbocycles. The molecule has 0 aliphatic carbocycles. The van der Waals surface area contributed by atoms with E-state index in [1.165, 1.54) is 0 Å². The van der Waals surface area contributed by atoms with Crippen LogP contribution in [0.2, 0.25) is 0 Å². The van der Waals surface area contributed by atoms with Crippen molar-refractivity contribution in [3.8, 4) is 0 Å². The lowest BCUT2D eigenvalue weighted by atomic mass is 10.2. The fourth-order valence-electron chi connectivity index (χ4n) is 2.15. The minimum atomic E-state index is 0.0652. The molecule has 2 heterocycles. The molecule has 0 aromatic heterocycles. The second-order valence-corrected chi connectivity index (χ2v) is 4.79. The highest BCUT2D eigenvalue weighted by Gasteiger charge is 2.26. The predicted molar refractivity (Wildman–Crippen MR) is 61.4 cm³/mol. The van der Waals surface area contributed by atoms with Crippen LogP contribution in [0.25, 0.3) is 0 Å². The number of hydrogen-bond donors (Lipinski definition) is 1. The van der Waals surface area contributed by atoms with E-state index in [1.807, 2.05) is 4.90 Å². The molecule has 16 heavy (non-hydrogen) atoms. The Labute approximate surface area is 96.7 Å². The average Bonchev–Trinajstić information content (AvgIpc) is 2.74. The van der Waals surface area contributed by atoms with Gasteiger partial charge in [-0.3, -0.25) is 0 Å². The Balaban J connectivity index is 1.80. The van der Waals surface area contributed by atoms with E-state index in [0.717, 1.165) is 32.7 Å². The van der Waals surface area contributed by atoms with E-state index in [1.54, 1.807) is 0 Å². The summed E-state index contributed by atoms with van der Waals surface area (Å²) in [6.07, 6.45) is 0.940. The first kappa shape index (κ1) is 11.7. The first-order valence-corrected chi connectivity index (χ1v) is 6.00.